The highest BCUT2D eigenvalue weighted by molar-refractivity contribution is 7.89. The highest BCUT2D eigenvalue weighted by Gasteiger charge is 2.43. The van der Waals surface area contributed by atoms with Gasteiger partial charge in [0.15, 0.2) is 0 Å². The highest BCUT2D eigenvalue weighted by atomic mass is 32.2. The number of carbonyl (C=O) groups is 1. The van der Waals surface area contributed by atoms with Gasteiger partial charge in [-0.05, 0) is 49.1 Å². The summed E-state index contributed by atoms with van der Waals surface area (Å²) in [6, 6.07) is 16.1. The van der Waals surface area contributed by atoms with Crippen LogP contribution in [0.2, 0.25) is 0 Å². The van der Waals surface area contributed by atoms with Crippen molar-refractivity contribution in [3.8, 4) is 5.75 Å². The first kappa shape index (κ1) is 29.0. The lowest BCUT2D eigenvalue weighted by atomic mass is 9.96. The van der Waals surface area contributed by atoms with Crippen molar-refractivity contribution in [2.75, 3.05) is 40.0 Å². The van der Waals surface area contributed by atoms with Crippen LogP contribution in [0.1, 0.15) is 31.2 Å². The second-order valence-electron chi connectivity index (χ2n) is 10.9. The van der Waals surface area contributed by atoms with Crippen molar-refractivity contribution >= 4 is 15.9 Å². The Balaban J connectivity index is 1.18. The van der Waals surface area contributed by atoms with Gasteiger partial charge in [-0.15, -0.1) is 0 Å². The Kier molecular flexibility index (Phi) is 9.39. The smallest absolute Gasteiger partial charge is 0.243 e. The average Bonchev–Trinajstić information content (AvgIpc) is 3.37. The van der Waals surface area contributed by atoms with E-state index in [0.717, 1.165) is 26.1 Å². The summed E-state index contributed by atoms with van der Waals surface area (Å²) in [7, 11) is -2.39. The fourth-order valence-corrected chi connectivity index (χ4v) is 7.60. The van der Waals surface area contributed by atoms with E-state index in [1.165, 1.54) is 29.1 Å². The molecule has 2 aromatic rings. The number of sulfonamides is 1. The number of nitrogens with one attached hydrogen (secondary N) is 1. The van der Waals surface area contributed by atoms with Crippen LogP contribution in [0, 0.1) is 0 Å². The van der Waals surface area contributed by atoms with E-state index in [2.05, 4.69) is 22.3 Å². The minimum Gasteiger partial charge on any atom is -0.497 e. The van der Waals surface area contributed by atoms with Crippen molar-refractivity contribution in [1.82, 2.24) is 14.5 Å². The third-order valence-corrected chi connectivity index (χ3v) is 9.80. The molecule has 2 N–H and O–H groups in total. The van der Waals surface area contributed by atoms with Gasteiger partial charge in [0.1, 0.15) is 5.75 Å². The van der Waals surface area contributed by atoms with Crippen molar-refractivity contribution in [2.45, 2.75) is 67.5 Å². The van der Waals surface area contributed by atoms with Gasteiger partial charge >= 0.3 is 0 Å². The van der Waals surface area contributed by atoms with Gasteiger partial charge in [-0.25, -0.2) is 8.42 Å². The number of aliphatic hydroxyl groups is 1. The van der Waals surface area contributed by atoms with Crippen LogP contribution in [-0.4, -0.2) is 99.0 Å². The number of rotatable bonds is 8. The number of fused-ring (bicyclic) bond motifs is 1. The molecule has 40 heavy (non-hydrogen) atoms. The maximum atomic E-state index is 13.7. The molecule has 3 heterocycles. The van der Waals surface area contributed by atoms with Gasteiger partial charge in [-0.3, -0.25) is 9.69 Å². The summed E-state index contributed by atoms with van der Waals surface area (Å²) in [6.07, 6.45) is 0.328. The first-order valence-electron chi connectivity index (χ1n) is 13.9. The van der Waals surface area contributed by atoms with Crippen LogP contribution in [0.3, 0.4) is 0 Å². The number of ether oxygens (including phenoxy) is 3. The lowest BCUT2D eigenvalue weighted by Crippen LogP contribution is -2.57. The molecule has 0 bridgehead atoms. The molecule has 0 unspecified atom stereocenters. The number of hydrogen-bond donors (Lipinski definition) is 2. The molecule has 3 aliphatic rings. The van der Waals surface area contributed by atoms with Gasteiger partial charge < -0.3 is 24.6 Å². The molecule has 0 saturated carbocycles. The summed E-state index contributed by atoms with van der Waals surface area (Å²) in [6.45, 7) is 2.67. The third kappa shape index (κ3) is 7.02. The fraction of sp³-hybridized carbons (Fsp3) is 0.552. The highest BCUT2D eigenvalue weighted by Crippen LogP contribution is 2.32. The van der Waals surface area contributed by atoms with Gasteiger partial charge in [0.25, 0.3) is 0 Å². The average molecular weight is 574 g/mol. The lowest BCUT2D eigenvalue weighted by molar-refractivity contribution is -0.146. The lowest BCUT2D eigenvalue weighted by Gasteiger charge is -2.43. The molecule has 3 aliphatic heterocycles. The van der Waals surface area contributed by atoms with E-state index in [1.807, 2.05) is 18.2 Å². The normalized spacial score (nSPS) is 28.3. The van der Waals surface area contributed by atoms with Crippen molar-refractivity contribution in [1.29, 1.82) is 0 Å². The SMILES string of the molecule is COc1ccc(S(=O)(=O)N2C[C@@H](O)COC[C@H]3O[C@@H](CC(=O)N[C@@H]4CCN(Cc5ccccc5)C4)CC[C@@H]32)cc1. The maximum Gasteiger partial charge on any atom is 0.243 e. The molecule has 11 heteroatoms. The van der Waals surface area contributed by atoms with E-state index in [-0.39, 0.29) is 49.1 Å². The van der Waals surface area contributed by atoms with Gasteiger partial charge in [0, 0.05) is 32.2 Å². The van der Waals surface area contributed by atoms with Gasteiger partial charge in [-0.2, -0.15) is 4.31 Å². The van der Waals surface area contributed by atoms with Gasteiger partial charge in [0.2, 0.25) is 15.9 Å². The van der Waals surface area contributed by atoms with Crippen LogP contribution in [-0.2, 0) is 30.8 Å². The van der Waals surface area contributed by atoms with E-state index in [1.54, 1.807) is 12.1 Å². The molecule has 0 radical (unpaired) electrons. The maximum absolute atomic E-state index is 13.7. The number of nitrogens with zero attached hydrogens (tertiary/aromatic N) is 2. The molecule has 3 fully saturated rings. The number of hydrogen-bond acceptors (Lipinski definition) is 8. The molecule has 2 aromatic carbocycles. The van der Waals surface area contributed by atoms with E-state index < -0.39 is 28.3 Å². The van der Waals surface area contributed by atoms with Crippen molar-refractivity contribution in [3.05, 3.63) is 60.2 Å². The fourth-order valence-electron chi connectivity index (χ4n) is 5.88. The van der Waals surface area contributed by atoms with Crippen molar-refractivity contribution in [3.63, 3.8) is 0 Å². The van der Waals surface area contributed by atoms with Crippen LogP contribution < -0.4 is 10.1 Å². The van der Waals surface area contributed by atoms with E-state index in [9.17, 15) is 18.3 Å². The zero-order valence-corrected chi connectivity index (χ0v) is 23.7. The standard InChI is InChI=1S/C29H39N3O7S/c1-37-24-7-10-26(11-8-24)40(35,36)32-18-23(33)19-38-20-28-27(32)12-9-25(39-28)15-29(34)30-22-13-14-31(17-22)16-21-5-3-2-4-6-21/h2-8,10-11,22-23,25,27-28,33H,9,12-20H2,1H3,(H,30,34)/t22-,23-,25-,27+,28-/m1/s1. The number of carbonyl (C=O) groups excluding carboxylic acids is 1. The van der Waals surface area contributed by atoms with Crippen LogP contribution in [0.4, 0.5) is 0 Å². The number of amides is 1. The molecule has 0 aromatic heterocycles. The Bertz CT molecular complexity index is 1230. The van der Waals surface area contributed by atoms with E-state index in [0.29, 0.717) is 18.6 Å². The van der Waals surface area contributed by atoms with E-state index >= 15 is 0 Å². The summed E-state index contributed by atoms with van der Waals surface area (Å²) in [4.78, 5) is 15.4. The first-order valence-corrected chi connectivity index (χ1v) is 15.4. The number of methoxy groups -OCH3 is 1. The molecule has 0 spiro atoms. The molecule has 0 aliphatic carbocycles. The second kappa shape index (κ2) is 13.0. The zero-order chi connectivity index (χ0) is 28.1. The van der Waals surface area contributed by atoms with Crippen LogP contribution in [0.25, 0.3) is 0 Å². The molecule has 10 nitrogen and oxygen atoms in total. The summed E-state index contributed by atoms with van der Waals surface area (Å²) in [5, 5.41) is 13.6. The molecular formula is C29H39N3O7S. The second-order valence-corrected chi connectivity index (χ2v) is 12.8. The first-order chi connectivity index (χ1) is 19.3. The minimum atomic E-state index is -3.92. The monoisotopic (exact) mass is 573 g/mol. The summed E-state index contributed by atoms with van der Waals surface area (Å²) in [5.74, 6) is 0.501. The zero-order valence-electron chi connectivity index (χ0n) is 22.9. The minimum absolute atomic E-state index is 0.00747. The third-order valence-electron chi connectivity index (χ3n) is 7.90. The largest absolute Gasteiger partial charge is 0.497 e. The Hall–Kier alpha value is -2.54. The molecule has 218 valence electrons. The summed E-state index contributed by atoms with van der Waals surface area (Å²) < 4.78 is 45.8. The number of aliphatic hydroxyl groups excluding tert-OH is 1. The number of benzene rings is 2. The molecule has 1 amide bonds. The van der Waals surface area contributed by atoms with Crippen LogP contribution >= 0.6 is 0 Å². The molecular weight excluding hydrogens is 534 g/mol. The molecule has 3 saturated heterocycles. The summed E-state index contributed by atoms with van der Waals surface area (Å²) in [5.41, 5.74) is 1.26. The Morgan fingerprint density at radius 3 is 2.58 bits per heavy atom. The van der Waals surface area contributed by atoms with Gasteiger partial charge in [-0.1, -0.05) is 30.3 Å². The quantitative estimate of drug-likeness (QED) is 0.491. The topological polar surface area (TPSA) is 118 Å². The van der Waals surface area contributed by atoms with Crippen LogP contribution in [0.5, 0.6) is 5.75 Å². The number of likely N-dealkylation sites (tertiary alicyclic amines) is 1. The Labute approximate surface area is 236 Å². The van der Waals surface area contributed by atoms with Crippen LogP contribution in [0.15, 0.2) is 59.5 Å². The van der Waals surface area contributed by atoms with Gasteiger partial charge in [0.05, 0.1) is 56.0 Å². The number of β-amino-alcohol motifs (C(OH)–C–C–N with tert-alkyl or cyclic N) is 1. The van der Waals surface area contributed by atoms with Crippen molar-refractivity contribution < 1.29 is 32.5 Å². The molecule has 5 atom stereocenters. The predicted molar refractivity (Wildman–Crippen MR) is 148 cm³/mol. The Morgan fingerprint density at radius 1 is 1.05 bits per heavy atom. The Morgan fingerprint density at radius 2 is 1.82 bits per heavy atom. The predicted octanol–water partition coefficient (Wildman–Crippen LogP) is 1.77. The van der Waals surface area contributed by atoms with E-state index in [4.69, 9.17) is 14.2 Å². The molecule has 5 rings (SSSR count). The summed E-state index contributed by atoms with van der Waals surface area (Å²) >= 11 is 0. The van der Waals surface area contributed by atoms with Crippen molar-refractivity contribution in [2.24, 2.45) is 0 Å².